The van der Waals surface area contributed by atoms with Crippen molar-refractivity contribution in [1.82, 2.24) is 9.62 Å². The minimum Gasteiger partial charge on any atom is -0.486 e. The van der Waals surface area contributed by atoms with Gasteiger partial charge in [0.1, 0.15) is 13.2 Å². The van der Waals surface area contributed by atoms with Crippen molar-refractivity contribution < 1.29 is 17.9 Å². The third-order valence-corrected chi connectivity index (χ3v) is 7.78. The molecule has 30 heavy (non-hydrogen) atoms. The third kappa shape index (κ3) is 5.17. The fourth-order valence-corrected chi connectivity index (χ4v) is 5.52. The van der Waals surface area contributed by atoms with Gasteiger partial charge in [0.15, 0.2) is 11.5 Å². The van der Waals surface area contributed by atoms with E-state index in [1.807, 2.05) is 31.2 Å². The molecule has 2 heterocycles. The number of nitrogens with zero attached hydrogens (tertiary/aromatic N) is 1. The van der Waals surface area contributed by atoms with E-state index in [0.29, 0.717) is 24.7 Å². The average Bonchev–Trinajstić information content (AvgIpc) is 2.73. The molecule has 0 amide bonds. The lowest BCUT2D eigenvalue weighted by molar-refractivity contribution is 0.163. The molecule has 0 aromatic heterocycles. The first-order valence-electron chi connectivity index (χ1n) is 10.3. The summed E-state index contributed by atoms with van der Waals surface area (Å²) in [5.41, 5.74) is 2.20. The summed E-state index contributed by atoms with van der Waals surface area (Å²) in [5, 5.41) is 0. The SMILES string of the molecule is Cc1ccc(S(=O)(=O)NCC2CCCN(Cc3cc4c(cc3Br)OCCO4)C2)cc1. The molecule has 4 rings (SSSR count). The Morgan fingerprint density at radius 3 is 2.57 bits per heavy atom. The van der Waals surface area contributed by atoms with E-state index in [9.17, 15) is 8.42 Å². The first-order valence-corrected chi connectivity index (χ1v) is 12.5. The van der Waals surface area contributed by atoms with Crippen molar-refractivity contribution in [3.63, 3.8) is 0 Å². The van der Waals surface area contributed by atoms with Gasteiger partial charge in [-0.15, -0.1) is 0 Å². The first-order chi connectivity index (χ1) is 14.4. The summed E-state index contributed by atoms with van der Waals surface area (Å²) in [6.07, 6.45) is 2.08. The lowest BCUT2D eigenvalue weighted by Crippen LogP contribution is -2.40. The molecule has 1 atom stereocenters. The summed E-state index contributed by atoms with van der Waals surface area (Å²) in [4.78, 5) is 2.70. The van der Waals surface area contributed by atoms with E-state index in [2.05, 4.69) is 25.6 Å². The van der Waals surface area contributed by atoms with Crippen LogP contribution in [-0.2, 0) is 16.6 Å². The van der Waals surface area contributed by atoms with Crippen LogP contribution < -0.4 is 14.2 Å². The second-order valence-electron chi connectivity index (χ2n) is 8.00. The highest BCUT2D eigenvalue weighted by Gasteiger charge is 2.24. The summed E-state index contributed by atoms with van der Waals surface area (Å²) < 4.78 is 40.3. The standard InChI is InChI=1S/C22H27BrN2O4S/c1-16-4-6-19(7-5-16)30(26,27)24-13-17-3-2-8-25(14-17)15-18-11-21-22(12-20(18)23)29-10-9-28-21/h4-7,11-12,17,24H,2-3,8-10,13-15H2,1H3. The molecule has 1 fully saturated rings. The van der Waals surface area contributed by atoms with Crippen molar-refractivity contribution in [2.45, 2.75) is 31.2 Å². The largest absolute Gasteiger partial charge is 0.486 e. The quantitative estimate of drug-likeness (QED) is 0.662. The Morgan fingerprint density at radius 1 is 1.13 bits per heavy atom. The molecule has 2 aliphatic rings. The Hall–Kier alpha value is -1.61. The van der Waals surface area contributed by atoms with Gasteiger partial charge < -0.3 is 9.47 Å². The highest BCUT2D eigenvalue weighted by atomic mass is 79.9. The zero-order chi connectivity index (χ0) is 21.1. The van der Waals surface area contributed by atoms with Gasteiger partial charge in [-0.1, -0.05) is 33.6 Å². The van der Waals surface area contributed by atoms with Gasteiger partial charge in [-0.3, -0.25) is 4.90 Å². The van der Waals surface area contributed by atoms with Gasteiger partial charge in [0.2, 0.25) is 10.0 Å². The van der Waals surface area contributed by atoms with E-state index >= 15 is 0 Å². The van der Waals surface area contributed by atoms with Gasteiger partial charge in [0.05, 0.1) is 4.90 Å². The molecule has 1 unspecified atom stereocenters. The highest BCUT2D eigenvalue weighted by molar-refractivity contribution is 9.10. The summed E-state index contributed by atoms with van der Waals surface area (Å²) in [7, 11) is -3.48. The second-order valence-corrected chi connectivity index (χ2v) is 10.6. The highest BCUT2D eigenvalue weighted by Crippen LogP contribution is 2.36. The predicted molar refractivity (Wildman–Crippen MR) is 120 cm³/mol. The number of piperidine rings is 1. The molecule has 6 nitrogen and oxygen atoms in total. The second kappa shape index (κ2) is 9.26. The maximum absolute atomic E-state index is 12.6. The van der Waals surface area contributed by atoms with E-state index in [1.54, 1.807) is 12.1 Å². The maximum atomic E-state index is 12.6. The van der Waals surface area contributed by atoms with Crippen LogP contribution in [0.3, 0.4) is 0 Å². The summed E-state index contributed by atoms with van der Waals surface area (Å²) in [6, 6.07) is 11.0. The summed E-state index contributed by atoms with van der Waals surface area (Å²) in [5.74, 6) is 1.85. The monoisotopic (exact) mass is 494 g/mol. The molecule has 1 N–H and O–H groups in total. The zero-order valence-corrected chi connectivity index (χ0v) is 19.5. The Balaban J connectivity index is 1.36. The molecule has 0 saturated carbocycles. The van der Waals surface area contributed by atoms with Crippen LogP contribution in [0.1, 0.15) is 24.0 Å². The number of fused-ring (bicyclic) bond motifs is 1. The van der Waals surface area contributed by atoms with Crippen LogP contribution in [0.5, 0.6) is 11.5 Å². The van der Waals surface area contributed by atoms with Crippen LogP contribution in [0.2, 0.25) is 0 Å². The van der Waals surface area contributed by atoms with Crippen molar-refractivity contribution in [3.8, 4) is 11.5 Å². The fraction of sp³-hybridized carbons (Fsp3) is 0.455. The molecular weight excluding hydrogens is 468 g/mol. The first kappa shape index (κ1) is 21.6. The Bertz CT molecular complexity index is 995. The summed E-state index contributed by atoms with van der Waals surface area (Å²) >= 11 is 3.65. The number of halogens is 1. The number of rotatable bonds is 6. The van der Waals surface area contributed by atoms with Crippen molar-refractivity contribution in [3.05, 3.63) is 52.0 Å². The van der Waals surface area contributed by atoms with Crippen molar-refractivity contribution in [2.24, 2.45) is 5.92 Å². The Morgan fingerprint density at radius 2 is 1.83 bits per heavy atom. The topological polar surface area (TPSA) is 67.9 Å². The average molecular weight is 495 g/mol. The number of sulfonamides is 1. The van der Waals surface area contributed by atoms with Crippen LogP contribution >= 0.6 is 15.9 Å². The molecule has 8 heteroatoms. The van der Waals surface area contributed by atoms with E-state index in [-0.39, 0.29) is 5.92 Å². The maximum Gasteiger partial charge on any atom is 0.240 e. The molecule has 0 aliphatic carbocycles. The van der Waals surface area contributed by atoms with Crippen LogP contribution in [0.4, 0.5) is 0 Å². The van der Waals surface area contributed by atoms with Crippen molar-refractivity contribution >= 4 is 26.0 Å². The molecule has 162 valence electrons. The summed E-state index contributed by atoms with van der Waals surface area (Å²) in [6.45, 7) is 6.19. The van der Waals surface area contributed by atoms with E-state index in [1.165, 1.54) is 0 Å². The van der Waals surface area contributed by atoms with Crippen LogP contribution in [-0.4, -0.2) is 46.2 Å². The Labute approximate surface area is 186 Å². The number of hydrogen-bond donors (Lipinski definition) is 1. The van der Waals surface area contributed by atoms with Crippen LogP contribution in [0.15, 0.2) is 45.8 Å². The molecule has 0 spiro atoms. The minimum atomic E-state index is -3.48. The molecule has 2 aliphatic heterocycles. The third-order valence-electron chi connectivity index (χ3n) is 5.60. The molecule has 2 aromatic rings. The van der Waals surface area contributed by atoms with Gasteiger partial charge in [-0.2, -0.15) is 0 Å². The van der Waals surface area contributed by atoms with Gasteiger partial charge >= 0.3 is 0 Å². The predicted octanol–water partition coefficient (Wildman–Crippen LogP) is 3.72. The normalized spacial score (nSPS) is 19.6. The number of likely N-dealkylation sites (tertiary alicyclic amines) is 1. The lowest BCUT2D eigenvalue weighted by Gasteiger charge is -2.33. The number of aryl methyl sites for hydroxylation is 1. The van der Waals surface area contributed by atoms with Crippen LogP contribution in [0.25, 0.3) is 0 Å². The van der Waals surface area contributed by atoms with E-state index in [0.717, 1.165) is 59.6 Å². The fourth-order valence-electron chi connectivity index (χ4n) is 3.96. The van der Waals surface area contributed by atoms with Crippen LogP contribution in [0, 0.1) is 12.8 Å². The molecule has 0 radical (unpaired) electrons. The van der Waals surface area contributed by atoms with E-state index < -0.39 is 10.0 Å². The van der Waals surface area contributed by atoms with Gasteiger partial charge in [-0.05, 0) is 62.1 Å². The van der Waals surface area contributed by atoms with Crippen molar-refractivity contribution in [2.75, 3.05) is 32.8 Å². The lowest BCUT2D eigenvalue weighted by atomic mass is 9.98. The van der Waals surface area contributed by atoms with Crippen molar-refractivity contribution in [1.29, 1.82) is 0 Å². The zero-order valence-electron chi connectivity index (χ0n) is 17.1. The molecule has 1 saturated heterocycles. The van der Waals surface area contributed by atoms with Gasteiger partial charge in [0.25, 0.3) is 0 Å². The number of nitrogens with one attached hydrogen (secondary N) is 1. The number of benzene rings is 2. The molecule has 2 aromatic carbocycles. The van der Waals surface area contributed by atoms with Gasteiger partial charge in [0, 0.05) is 24.1 Å². The molecular formula is C22H27BrN2O4S. The number of ether oxygens (including phenoxy) is 2. The number of hydrogen-bond acceptors (Lipinski definition) is 5. The minimum absolute atomic E-state index is 0.287. The Kier molecular flexibility index (Phi) is 6.67. The van der Waals surface area contributed by atoms with E-state index in [4.69, 9.17) is 9.47 Å². The molecule has 0 bridgehead atoms. The van der Waals surface area contributed by atoms with Gasteiger partial charge in [-0.25, -0.2) is 13.1 Å². The smallest absolute Gasteiger partial charge is 0.240 e.